The fourth-order valence-corrected chi connectivity index (χ4v) is 13.5. The third-order valence-corrected chi connectivity index (χ3v) is 13.7. The van der Waals surface area contributed by atoms with E-state index in [1.807, 2.05) is 36.4 Å². The molecule has 4 nitrogen and oxygen atoms in total. The first-order valence-corrected chi connectivity index (χ1v) is 19.3. The molecule has 1 aromatic heterocycles. The summed E-state index contributed by atoms with van der Waals surface area (Å²) in [6.07, 6.45) is 11.9. The van der Waals surface area contributed by atoms with Crippen LogP contribution in [-0.4, -0.2) is 28.2 Å². The summed E-state index contributed by atoms with van der Waals surface area (Å²) in [5, 5.41) is 8.91. The summed E-state index contributed by atoms with van der Waals surface area (Å²) in [4.78, 5) is 4.50. The number of unbranched alkanes of at least 4 members (excludes halogenated alkanes) is 6. The molecular formula is C28H44N2O2Si2. The maximum Gasteiger partial charge on any atom is 0.173 e. The highest BCUT2D eigenvalue weighted by Gasteiger charge is 2.31. The summed E-state index contributed by atoms with van der Waals surface area (Å²) >= 11 is 0. The molecule has 0 bridgehead atoms. The highest BCUT2D eigenvalue weighted by Crippen LogP contribution is 2.25. The molecule has 0 saturated carbocycles. The van der Waals surface area contributed by atoms with Crippen molar-refractivity contribution in [2.45, 2.75) is 96.6 Å². The van der Waals surface area contributed by atoms with Crippen LogP contribution in [0.1, 0.15) is 63.9 Å². The second-order valence-electron chi connectivity index (χ2n) is 10.5. The van der Waals surface area contributed by atoms with Gasteiger partial charge < -0.3 is 8.85 Å². The minimum Gasteiger partial charge on any atom is -0.492 e. The number of nitriles is 1. The van der Waals surface area contributed by atoms with Gasteiger partial charge in [-0.15, -0.1) is 0 Å². The molecule has 0 fully saturated rings. The average molecular weight is 497 g/mol. The normalized spacial score (nSPS) is 11.9. The average Bonchev–Trinajstić information content (AvgIpc) is 2.81. The summed E-state index contributed by atoms with van der Waals surface area (Å²) in [5.41, 5.74) is 2.55. The number of rotatable bonds is 16. The van der Waals surface area contributed by atoms with E-state index < -0.39 is 16.6 Å². The van der Waals surface area contributed by atoms with Gasteiger partial charge in [-0.25, -0.2) is 0 Å². The third kappa shape index (κ3) is 11.0. The predicted molar refractivity (Wildman–Crippen MR) is 148 cm³/mol. The van der Waals surface area contributed by atoms with Crippen LogP contribution in [0.2, 0.25) is 38.3 Å². The quantitative estimate of drug-likeness (QED) is 0.172. The van der Waals surface area contributed by atoms with Gasteiger partial charge in [0.25, 0.3) is 0 Å². The molecule has 34 heavy (non-hydrogen) atoms. The van der Waals surface area contributed by atoms with E-state index in [0.29, 0.717) is 5.56 Å². The smallest absolute Gasteiger partial charge is 0.173 e. The first kappa shape index (κ1) is 28.3. The van der Waals surface area contributed by atoms with Crippen LogP contribution in [0.25, 0.3) is 11.3 Å². The molecule has 0 radical (unpaired) electrons. The molecule has 0 N–H and O–H groups in total. The zero-order valence-electron chi connectivity index (χ0n) is 22.0. The second-order valence-corrected chi connectivity index (χ2v) is 19.4. The molecule has 2 aromatic rings. The Bertz CT molecular complexity index is 875. The van der Waals surface area contributed by atoms with Gasteiger partial charge in [-0.3, -0.25) is 4.98 Å². The lowest BCUT2D eigenvalue weighted by Gasteiger charge is -2.34. The predicted octanol–water partition coefficient (Wildman–Crippen LogP) is 8.57. The largest absolute Gasteiger partial charge is 0.492 e. The first-order valence-electron chi connectivity index (χ1n) is 13.0. The van der Waals surface area contributed by atoms with Gasteiger partial charge in [0.05, 0.1) is 30.1 Å². The van der Waals surface area contributed by atoms with Gasteiger partial charge in [0.2, 0.25) is 0 Å². The van der Waals surface area contributed by atoms with Crippen molar-refractivity contribution in [1.82, 2.24) is 4.98 Å². The Labute approximate surface area is 210 Å². The molecule has 0 amide bonds. The monoisotopic (exact) mass is 496 g/mol. The highest BCUT2D eigenvalue weighted by atomic mass is 28.4. The summed E-state index contributed by atoms with van der Waals surface area (Å²) in [6, 6.07) is 16.2. The van der Waals surface area contributed by atoms with E-state index in [4.69, 9.17) is 14.1 Å². The molecule has 0 aliphatic rings. The Balaban J connectivity index is 1.55. The van der Waals surface area contributed by atoms with Crippen LogP contribution in [0.5, 0.6) is 5.75 Å². The van der Waals surface area contributed by atoms with Crippen molar-refractivity contribution in [3.63, 3.8) is 0 Å². The van der Waals surface area contributed by atoms with E-state index >= 15 is 0 Å². The van der Waals surface area contributed by atoms with E-state index in [1.54, 1.807) is 6.20 Å². The number of aromatic nitrogens is 1. The fraction of sp³-hybridized carbons (Fsp3) is 0.571. The third-order valence-electron chi connectivity index (χ3n) is 6.17. The molecule has 6 heteroatoms. The Hall–Kier alpha value is -1.95. The van der Waals surface area contributed by atoms with Crippen LogP contribution < -0.4 is 4.74 Å². The van der Waals surface area contributed by atoms with Gasteiger partial charge in [0, 0.05) is 5.56 Å². The Morgan fingerprint density at radius 3 is 2.00 bits per heavy atom. The second kappa shape index (κ2) is 14.5. The Kier molecular flexibility index (Phi) is 12.0. The number of pyridine rings is 1. The lowest BCUT2D eigenvalue weighted by molar-refractivity contribution is 0.303. The molecule has 0 atom stereocenters. The number of nitrogens with zero attached hydrogens (tertiary/aromatic N) is 2. The van der Waals surface area contributed by atoms with E-state index in [9.17, 15) is 0 Å². The zero-order chi connectivity index (χ0) is 24.9. The number of hydrogen-bond acceptors (Lipinski definition) is 4. The van der Waals surface area contributed by atoms with Gasteiger partial charge in [0.1, 0.15) is 5.75 Å². The van der Waals surface area contributed by atoms with Gasteiger partial charge in [0.15, 0.2) is 16.6 Å². The van der Waals surface area contributed by atoms with Crippen molar-refractivity contribution >= 4 is 16.6 Å². The van der Waals surface area contributed by atoms with Crippen LogP contribution in [0.15, 0.2) is 42.6 Å². The molecular weight excluding hydrogens is 452 g/mol. The SMILES string of the molecule is CCCC[Si](C)(C)O[Si](C)(C)CCCCCCCCOc1ccc(-c2ccc(C#N)cc2)nc1. The van der Waals surface area contributed by atoms with Crippen molar-refractivity contribution < 1.29 is 8.85 Å². The van der Waals surface area contributed by atoms with Crippen LogP contribution in [0, 0.1) is 11.3 Å². The Morgan fingerprint density at radius 2 is 1.41 bits per heavy atom. The molecule has 0 aliphatic heterocycles. The van der Waals surface area contributed by atoms with E-state index in [-0.39, 0.29) is 0 Å². The lowest BCUT2D eigenvalue weighted by Crippen LogP contribution is -2.44. The molecule has 0 spiro atoms. The molecule has 0 saturated heterocycles. The van der Waals surface area contributed by atoms with Crippen LogP contribution >= 0.6 is 0 Å². The molecule has 0 unspecified atom stereocenters. The topological polar surface area (TPSA) is 55.1 Å². The van der Waals surface area contributed by atoms with Crippen LogP contribution in [0.3, 0.4) is 0 Å². The summed E-state index contributed by atoms with van der Waals surface area (Å²) < 4.78 is 12.6. The van der Waals surface area contributed by atoms with E-state index in [1.165, 1.54) is 57.0 Å². The van der Waals surface area contributed by atoms with Gasteiger partial charge in [-0.1, -0.05) is 64.0 Å². The van der Waals surface area contributed by atoms with Crippen LogP contribution in [0.4, 0.5) is 0 Å². The molecule has 2 rings (SSSR count). The number of benzene rings is 1. The summed E-state index contributed by atoms with van der Waals surface area (Å²) in [6.45, 7) is 12.6. The molecule has 0 aliphatic carbocycles. The minimum absolute atomic E-state index is 0.659. The lowest BCUT2D eigenvalue weighted by atomic mass is 10.1. The van der Waals surface area contributed by atoms with Gasteiger partial charge >= 0.3 is 0 Å². The molecule has 1 aromatic carbocycles. The standard InChI is InChI=1S/C28H44N2O2Si2/c1-6-7-21-33(2,3)32-34(4,5)22-13-11-9-8-10-12-20-31-27-18-19-28(30-24-27)26-16-14-25(23-29)15-17-26/h14-19,24H,6-13,20-22H2,1-5H3. The number of ether oxygens (including phenoxy) is 1. The summed E-state index contributed by atoms with van der Waals surface area (Å²) in [5.74, 6) is 0.815. The van der Waals surface area contributed by atoms with Crippen molar-refractivity contribution in [1.29, 1.82) is 5.26 Å². The van der Waals surface area contributed by atoms with Crippen molar-refractivity contribution in [3.8, 4) is 23.1 Å². The van der Waals surface area contributed by atoms with Crippen molar-refractivity contribution in [2.24, 2.45) is 0 Å². The van der Waals surface area contributed by atoms with Gasteiger partial charge in [-0.2, -0.15) is 5.26 Å². The number of hydrogen-bond donors (Lipinski definition) is 0. The maximum atomic E-state index is 8.91. The fourth-order valence-electron chi connectivity index (χ4n) is 4.35. The van der Waals surface area contributed by atoms with Crippen molar-refractivity contribution in [3.05, 3.63) is 48.2 Å². The molecule has 186 valence electrons. The summed E-state index contributed by atoms with van der Waals surface area (Å²) in [7, 11) is -2.98. The highest BCUT2D eigenvalue weighted by molar-refractivity contribution is 6.84. The maximum absolute atomic E-state index is 8.91. The first-order chi connectivity index (χ1) is 16.2. The zero-order valence-corrected chi connectivity index (χ0v) is 24.0. The van der Waals surface area contributed by atoms with E-state index in [0.717, 1.165) is 30.0 Å². The van der Waals surface area contributed by atoms with Crippen molar-refractivity contribution in [2.75, 3.05) is 6.61 Å². The molecule has 1 heterocycles. The Morgan fingerprint density at radius 1 is 0.794 bits per heavy atom. The van der Waals surface area contributed by atoms with Gasteiger partial charge in [-0.05, 0) is 69.0 Å². The minimum atomic E-state index is -1.51. The van der Waals surface area contributed by atoms with Crippen LogP contribution in [-0.2, 0) is 4.12 Å². The van der Waals surface area contributed by atoms with E-state index in [2.05, 4.69) is 44.2 Å².